The van der Waals surface area contributed by atoms with E-state index < -0.39 is 0 Å². The van der Waals surface area contributed by atoms with Gasteiger partial charge in [-0.3, -0.25) is 9.88 Å². The summed E-state index contributed by atoms with van der Waals surface area (Å²) in [6.45, 7) is 2.98. The number of hydrogen-bond donors (Lipinski definition) is 1. The molecule has 2 heterocycles. The molecule has 0 atom stereocenters. The monoisotopic (exact) mass is 221 g/mol. The van der Waals surface area contributed by atoms with Gasteiger partial charge in [0, 0.05) is 32.9 Å². The number of piperidine rings is 1. The first-order valence-electron chi connectivity index (χ1n) is 5.74. The van der Waals surface area contributed by atoms with Crippen molar-refractivity contribution in [1.29, 1.82) is 0 Å². The van der Waals surface area contributed by atoms with Crippen LogP contribution in [0.4, 0.5) is 5.69 Å². The minimum absolute atomic E-state index is 0.428. The van der Waals surface area contributed by atoms with Crippen LogP contribution in [0.5, 0.6) is 0 Å². The molecule has 4 heteroatoms. The van der Waals surface area contributed by atoms with Gasteiger partial charge in [0.05, 0.1) is 17.5 Å². The largest absolute Gasteiger partial charge is 0.397 e. The number of pyridine rings is 1. The highest BCUT2D eigenvalue weighted by Crippen LogP contribution is 2.17. The Bertz CT molecular complexity index is 335. The molecule has 2 N–H and O–H groups in total. The lowest BCUT2D eigenvalue weighted by molar-refractivity contribution is 0.0386. The van der Waals surface area contributed by atoms with E-state index in [9.17, 15) is 0 Å². The van der Waals surface area contributed by atoms with E-state index in [2.05, 4.69) is 9.88 Å². The molecule has 1 saturated heterocycles. The van der Waals surface area contributed by atoms with Crippen molar-refractivity contribution in [2.75, 3.05) is 25.9 Å². The van der Waals surface area contributed by atoms with Crippen LogP contribution >= 0.6 is 0 Å². The van der Waals surface area contributed by atoms with E-state index in [1.807, 2.05) is 12.1 Å². The zero-order chi connectivity index (χ0) is 11.4. The van der Waals surface area contributed by atoms with Gasteiger partial charge in [-0.05, 0) is 25.0 Å². The second-order valence-electron chi connectivity index (χ2n) is 4.25. The number of likely N-dealkylation sites (tertiary alicyclic amines) is 1. The fraction of sp³-hybridized carbons (Fsp3) is 0.583. The van der Waals surface area contributed by atoms with E-state index in [0.29, 0.717) is 6.10 Å². The second-order valence-corrected chi connectivity index (χ2v) is 4.25. The summed E-state index contributed by atoms with van der Waals surface area (Å²) in [6, 6.07) is 3.78. The molecule has 0 spiro atoms. The molecule has 0 aliphatic carbocycles. The molecule has 0 saturated carbocycles. The molecule has 0 amide bonds. The molecule has 1 fully saturated rings. The molecule has 1 aromatic rings. The predicted octanol–water partition coefficient (Wildman–Crippen LogP) is 1.27. The fourth-order valence-corrected chi connectivity index (χ4v) is 2.10. The second kappa shape index (κ2) is 5.27. The number of rotatable bonds is 3. The maximum Gasteiger partial charge on any atom is 0.0772 e. The molecule has 1 aliphatic rings. The number of ether oxygens (including phenoxy) is 1. The van der Waals surface area contributed by atoms with Crippen molar-refractivity contribution in [2.45, 2.75) is 25.5 Å². The van der Waals surface area contributed by atoms with Crippen molar-refractivity contribution >= 4 is 5.69 Å². The van der Waals surface area contributed by atoms with Gasteiger partial charge in [0.2, 0.25) is 0 Å². The molecular formula is C12H19N3O. The lowest BCUT2D eigenvalue weighted by Gasteiger charge is -2.31. The molecule has 1 aliphatic heterocycles. The van der Waals surface area contributed by atoms with Gasteiger partial charge in [-0.2, -0.15) is 0 Å². The predicted molar refractivity (Wildman–Crippen MR) is 64.0 cm³/mol. The highest BCUT2D eigenvalue weighted by Gasteiger charge is 2.19. The normalized spacial score (nSPS) is 18.8. The third-order valence-corrected chi connectivity index (χ3v) is 3.17. The quantitative estimate of drug-likeness (QED) is 0.835. The van der Waals surface area contributed by atoms with Crippen LogP contribution in [-0.4, -0.2) is 36.2 Å². The Balaban J connectivity index is 1.89. The van der Waals surface area contributed by atoms with Gasteiger partial charge in [-0.1, -0.05) is 0 Å². The number of nitrogens with two attached hydrogens (primary N) is 1. The van der Waals surface area contributed by atoms with Gasteiger partial charge in [-0.25, -0.2) is 0 Å². The van der Waals surface area contributed by atoms with Crippen LogP contribution in [0.1, 0.15) is 18.5 Å². The Morgan fingerprint density at radius 1 is 1.50 bits per heavy atom. The SMILES string of the molecule is COC1CCN(Cc2ncccc2N)CC1. The third-order valence-electron chi connectivity index (χ3n) is 3.17. The van der Waals surface area contributed by atoms with Crippen molar-refractivity contribution in [1.82, 2.24) is 9.88 Å². The molecule has 1 aromatic heterocycles. The minimum Gasteiger partial charge on any atom is -0.397 e. The van der Waals surface area contributed by atoms with E-state index in [1.54, 1.807) is 13.3 Å². The first kappa shape index (κ1) is 11.4. The Kier molecular flexibility index (Phi) is 3.74. The van der Waals surface area contributed by atoms with Gasteiger partial charge >= 0.3 is 0 Å². The lowest BCUT2D eigenvalue weighted by atomic mass is 10.1. The Labute approximate surface area is 96.4 Å². The smallest absolute Gasteiger partial charge is 0.0772 e. The molecule has 4 nitrogen and oxygen atoms in total. The summed E-state index contributed by atoms with van der Waals surface area (Å²) in [5, 5.41) is 0. The summed E-state index contributed by atoms with van der Waals surface area (Å²) in [5.74, 6) is 0. The van der Waals surface area contributed by atoms with Crippen LogP contribution in [0, 0.1) is 0 Å². The molecule has 0 unspecified atom stereocenters. The first-order valence-corrected chi connectivity index (χ1v) is 5.74. The minimum atomic E-state index is 0.428. The first-order chi connectivity index (χ1) is 7.79. The summed E-state index contributed by atoms with van der Waals surface area (Å²) >= 11 is 0. The number of nitrogen functional groups attached to an aromatic ring is 1. The number of anilines is 1. The van der Waals surface area contributed by atoms with Gasteiger partial charge in [0.15, 0.2) is 0 Å². The third kappa shape index (κ3) is 2.71. The van der Waals surface area contributed by atoms with Crippen LogP contribution in [0.3, 0.4) is 0 Å². The zero-order valence-electron chi connectivity index (χ0n) is 9.72. The Morgan fingerprint density at radius 3 is 2.88 bits per heavy atom. The maximum absolute atomic E-state index is 5.88. The summed E-state index contributed by atoms with van der Waals surface area (Å²) in [5.41, 5.74) is 7.65. The highest BCUT2D eigenvalue weighted by atomic mass is 16.5. The van der Waals surface area contributed by atoms with Crippen molar-refractivity contribution in [3.63, 3.8) is 0 Å². The molecule has 2 rings (SSSR count). The van der Waals surface area contributed by atoms with Crippen molar-refractivity contribution in [2.24, 2.45) is 0 Å². The summed E-state index contributed by atoms with van der Waals surface area (Å²) in [4.78, 5) is 6.70. The van der Waals surface area contributed by atoms with E-state index in [4.69, 9.17) is 10.5 Å². The van der Waals surface area contributed by atoms with Crippen LogP contribution in [0.25, 0.3) is 0 Å². The summed E-state index contributed by atoms with van der Waals surface area (Å²) in [7, 11) is 1.79. The van der Waals surface area contributed by atoms with E-state index in [0.717, 1.165) is 43.9 Å². The van der Waals surface area contributed by atoms with Gasteiger partial charge < -0.3 is 10.5 Å². The topological polar surface area (TPSA) is 51.4 Å². The highest BCUT2D eigenvalue weighted by molar-refractivity contribution is 5.41. The van der Waals surface area contributed by atoms with Gasteiger partial charge in [-0.15, -0.1) is 0 Å². The lowest BCUT2D eigenvalue weighted by Crippen LogP contribution is -2.36. The van der Waals surface area contributed by atoms with Gasteiger partial charge in [0.1, 0.15) is 0 Å². The van der Waals surface area contributed by atoms with Gasteiger partial charge in [0.25, 0.3) is 0 Å². The zero-order valence-corrected chi connectivity index (χ0v) is 9.72. The number of aromatic nitrogens is 1. The van der Waals surface area contributed by atoms with Crippen LogP contribution in [-0.2, 0) is 11.3 Å². The van der Waals surface area contributed by atoms with Crippen molar-refractivity contribution in [3.8, 4) is 0 Å². The molecule has 16 heavy (non-hydrogen) atoms. The molecule has 0 bridgehead atoms. The molecular weight excluding hydrogens is 202 g/mol. The van der Waals surface area contributed by atoms with Crippen LogP contribution in [0.2, 0.25) is 0 Å². The molecule has 88 valence electrons. The summed E-state index contributed by atoms with van der Waals surface area (Å²) in [6.07, 6.45) is 4.43. The maximum atomic E-state index is 5.88. The van der Waals surface area contributed by atoms with E-state index >= 15 is 0 Å². The summed E-state index contributed by atoms with van der Waals surface area (Å²) < 4.78 is 5.35. The van der Waals surface area contributed by atoms with Crippen LogP contribution in [0.15, 0.2) is 18.3 Å². The number of methoxy groups -OCH3 is 1. The molecule has 0 aromatic carbocycles. The van der Waals surface area contributed by atoms with E-state index in [-0.39, 0.29) is 0 Å². The average molecular weight is 221 g/mol. The van der Waals surface area contributed by atoms with Crippen LogP contribution < -0.4 is 5.73 Å². The standard InChI is InChI=1S/C12H19N3O/c1-16-10-4-7-15(8-5-10)9-12-11(13)3-2-6-14-12/h2-3,6,10H,4-5,7-9,13H2,1H3. The number of nitrogens with zero attached hydrogens (tertiary/aromatic N) is 2. The molecule has 0 radical (unpaired) electrons. The number of hydrogen-bond acceptors (Lipinski definition) is 4. The Hall–Kier alpha value is -1.13. The average Bonchev–Trinajstić information content (AvgIpc) is 2.33. The van der Waals surface area contributed by atoms with E-state index in [1.165, 1.54) is 0 Å². The Morgan fingerprint density at radius 2 is 2.25 bits per heavy atom. The van der Waals surface area contributed by atoms with Crippen molar-refractivity contribution in [3.05, 3.63) is 24.0 Å². The van der Waals surface area contributed by atoms with Crippen molar-refractivity contribution < 1.29 is 4.74 Å². The fourth-order valence-electron chi connectivity index (χ4n) is 2.10.